The van der Waals surface area contributed by atoms with Gasteiger partial charge in [-0.15, -0.1) is 0 Å². The summed E-state index contributed by atoms with van der Waals surface area (Å²) in [6, 6.07) is 2.32. The summed E-state index contributed by atoms with van der Waals surface area (Å²) in [4.78, 5) is 11.9. The van der Waals surface area contributed by atoms with Crippen molar-refractivity contribution in [3.8, 4) is 11.5 Å². The average molecular weight is 332 g/mol. The highest BCUT2D eigenvalue weighted by molar-refractivity contribution is 5.87. The van der Waals surface area contributed by atoms with Gasteiger partial charge in [-0.1, -0.05) is 0 Å². The van der Waals surface area contributed by atoms with Gasteiger partial charge in [0.15, 0.2) is 11.5 Å². The van der Waals surface area contributed by atoms with E-state index < -0.39 is 29.7 Å². The van der Waals surface area contributed by atoms with Crippen LogP contribution in [0.2, 0.25) is 0 Å². The summed E-state index contributed by atoms with van der Waals surface area (Å²) in [6.45, 7) is 4.06. The highest BCUT2D eigenvalue weighted by Crippen LogP contribution is 2.40. The van der Waals surface area contributed by atoms with Crippen LogP contribution in [0.5, 0.6) is 11.5 Å². The minimum Gasteiger partial charge on any atom is -0.493 e. The molecule has 0 aliphatic rings. The van der Waals surface area contributed by atoms with Gasteiger partial charge >= 0.3 is 6.09 Å². The summed E-state index contributed by atoms with van der Waals surface area (Å²) in [5.74, 6) is -3.07. The van der Waals surface area contributed by atoms with Crippen LogP contribution in [0.15, 0.2) is 12.1 Å². The Labute approximate surface area is 133 Å². The van der Waals surface area contributed by atoms with Crippen molar-refractivity contribution in [2.75, 3.05) is 26.1 Å². The summed E-state index contributed by atoms with van der Waals surface area (Å²) in [5.41, 5.74) is 3.73. The number of alkyl halides is 2. The van der Waals surface area contributed by atoms with Crippen molar-refractivity contribution in [2.24, 2.45) is 5.73 Å². The Kier molecular flexibility index (Phi) is 5.76. The van der Waals surface area contributed by atoms with Gasteiger partial charge in [-0.05, 0) is 26.8 Å². The lowest BCUT2D eigenvalue weighted by molar-refractivity contribution is 0.00642. The average Bonchev–Trinajstić information content (AvgIpc) is 2.44. The molecule has 1 aromatic carbocycles. The molecule has 0 unspecified atom stereocenters. The van der Waals surface area contributed by atoms with Crippen molar-refractivity contribution < 1.29 is 27.8 Å². The number of carbonyl (C=O) groups excluding carboxylic acids is 1. The molecule has 0 radical (unpaired) electrons. The number of benzene rings is 1. The molecule has 0 fully saturated rings. The molecule has 0 aromatic heterocycles. The van der Waals surface area contributed by atoms with Gasteiger partial charge < -0.3 is 19.9 Å². The van der Waals surface area contributed by atoms with Crippen molar-refractivity contribution in [1.29, 1.82) is 0 Å². The van der Waals surface area contributed by atoms with Crippen LogP contribution in [0.1, 0.15) is 26.3 Å². The lowest BCUT2D eigenvalue weighted by Crippen LogP contribution is -2.30. The molecule has 1 rings (SSSR count). The number of ether oxygens (including phenoxy) is 3. The maximum absolute atomic E-state index is 14.1. The zero-order valence-corrected chi connectivity index (χ0v) is 13.8. The second-order valence-corrected chi connectivity index (χ2v) is 5.79. The summed E-state index contributed by atoms with van der Waals surface area (Å²) in [5, 5.41) is 2.30. The van der Waals surface area contributed by atoms with Crippen LogP contribution < -0.4 is 20.5 Å². The SMILES string of the molecule is COc1cc(NC(=O)OC(C)(C)C)c(C(F)(F)CN)cc1OC. The summed E-state index contributed by atoms with van der Waals surface area (Å²) >= 11 is 0. The first-order valence-corrected chi connectivity index (χ1v) is 6.88. The Morgan fingerprint density at radius 2 is 1.70 bits per heavy atom. The monoisotopic (exact) mass is 332 g/mol. The third-order valence-electron chi connectivity index (χ3n) is 2.81. The van der Waals surface area contributed by atoms with Crippen LogP contribution in [0, 0.1) is 0 Å². The van der Waals surface area contributed by atoms with Crippen LogP contribution in [-0.4, -0.2) is 32.5 Å². The molecule has 0 spiro atoms. The lowest BCUT2D eigenvalue weighted by atomic mass is 10.0. The van der Waals surface area contributed by atoms with E-state index in [1.165, 1.54) is 20.3 Å². The number of hydrogen-bond donors (Lipinski definition) is 2. The number of amides is 1. The van der Waals surface area contributed by atoms with Crippen molar-refractivity contribution in [1.82, 2.24) is 0 Å². The van der Waals surface area contributed by atoms with Gasteiger partial charge in [0.05, 0.1) is 26.5 Å². The highest BCUT2D eigenvalue weighted by Gasteiger charge is 2.34. The maximum atomic E-state index is 14.1. The van der Waals surface area contributed by atoms with Crippen LogP contribution in [-0.2, 0) is 10.7 Å². The molecule has 130 valence electrons. The number of anilines is 1. The van der Waals surface area contributed by atoms with E-state index in [-0.39, 0.29) is 17.2 Å². The molecular formula is C15H22F2N2O4. The standard InChI is InChI=1S/C15H22F2N2O4/c1-14(2,3)23-13(20)19-10-7-12(22-5)11(21-4)6-9(10)15(16,17)8-18/h6-7H,8,18H2,1-5H3,(H,19,20). The third-order valence-corrected chi connectivity index (χ3v) is 2.81. The van der Waals surface area contributed by atoms with E-state index in [2.05, 4.69) is 5.32 Å². The van der Waals surface area contributed by atoms with Crippen molar-refractivity contribution in [2.45, 2.75) is 32.3 Å². The summed E-state index contributed by atoms with van der Waals surface area (Å²) in [7, 11) is 2.68. The van der Waals surface area contributed by atoms with E-state index in [1.807, 2.05) is 0 Å². The minimum atomic E-state index is -3.36. The van der Waals surface area contributed by atoms with E-state index in [0.717, 1.165) is 6.07 Å². The molecule has 0 aliphatic carbocycles. The molecule has 23 heavy (non-hydrogen) atoms. The van der Waals surface area contributed by atoms with Gasteiger partial charge in [0, 0.05) is 11.6 Å². The number of nitrogens with two attached hydrogens (primary N) is 1. The number of nitrogens with one attached hydrogen (secondary N) is 1. The maximum Gasteiger partial charge on any atom is 0.412 e. The molecule has 0 saturated carbocycles. The first kappa shape index (κ1) is 19.0. The fourth-order valence-electron chi connectivity index (χ4n) is 1.81. The predicted octanol–water partition coefficient (Wildman–Crippen LogP) is 3.10. The fraction of sp³-hybridized carbons (Fsp3) is 0.533. The number of carbonyl (C=O) groups is 1. The van der Waals surface area contributed by atoms with Gasteiger partial charge in [0.1, 0.15) is 5.60 Å². The molecule has 0 bridgehead atoms. The van der Waals surface area contributed by atoms with Crippen LogP contribution in [0.4, 0.5) is 19.3 Å². The second-order valence-electron chi connectivity index (χ2n) is 5.79. The van der Waals surface area contributed by atoms with E-state index in [0.29, 0.717) is 0 Å². The summed E-state index contributed by atoms with van der Waals surface area (Å²) in [6.07, 6.45) is -0.862. The molecule has 3 N–H and O–H groups in total. The van der Waals surface area contributed by atoms with Crippen LogP contribution in [0.3, 0.4) is 0 Å². The lowest BCUT2D eigenvalue weighted by Gasteiger charge is -2.23. The van der Waals surface area contributed by atoms with E-state index in [4.69, 9.17) is 19.9 Å². The van der Waals surface area contributed by atoms with Gasteiger partial charge in [-0.25, -0.2) is 4.79 Å². The van der Waals surface area contributed by atoms with Crippen molar-refractivity contribution >= 4 is 11.8 Å². The Morgan fingerprint density at radius 3 is 2.13 bits per heavy atom. The molecule has 0 aliphatic heterocycles. The second kappa shape index (κ2) is 6.99. The smallest absolute Gasteiger partial charge is 0.412 e. The highest BCUT2D eigenvalue weighted by atomic mass is 19.3. The number of hydrogen-bond acceptors (Lipinski definition) is 5. The van der Waals surface area contributed by atoms with Crippen LogP contribution >= 0.6 is 0 Å². The molecular weight excluding hydrogens is 310 g/mol. The fourth-order valence-corrected chi connectivity index (χ4v) is 1.81. The van der Waals surface area contributed by atoms with E-state index in [9.17, 15) is 13.6 Å². The van der Waals surface area contributed by atoms with E-state index >= 15 is 0 Å². The molecule has 6 nitrogen and oxygen atoms in total. The third kappa shape index (κ3) is 4.95. The summed E-state index contributed by atoms with van der Waals surface area (Å²) < 4.78 is 43.3. The Morgan fingerprint density at radius 1 is 1.17 bits per heavy atom. The topological polar surface area (TPSA) is 82.8 Å². The van der Waals surface area contributed by atoms with E-state index in [1.54, 1.807) is 20.8 Å². The number of rotatable bonds is 5. The zero-order valence-electron chi connectivity index (χ0n) is 13.8. The quantitative estimate of drug-likeness (QED) is 0.866. The van der Waals surface area contributed by atoms with Gasteiger partial charge in [-0.3, -0.25) is 5.32 Å². The Bertz CT molecular complexity index is 571. The van der Waals surface area contributed by atoms with Gasteiger partial charge in [0.2, 0.25) is 0 Å². The first-order valence-electron chi connectivity index (χ1n) is 6.88. The van der Waals surface area contributed by atoms with Crippen molar-refractivity contribution in [3.63, 3.8) is 0 Å². The van der Waals surface area contributed by atoms with Gasteiger partial charge in [0.25, 0.3) is 5.92 Å². The molecule has 0 atom stereocenters. The predicted molar refractivity (Wildman–Crippen MR) is 82.4 cm³/mol. The Hall–Kier alpha value is -2.09. The Balaban J connectivity index is 3.30. The molecule has 8 heteroatoms. The van der Waals surface area contributed by atoms with Crippen molar-refractivity contribution in [3.05, 3.63) is 17.7 Å². The molecule has 1 amide bonds. The molecule has 0 heterocycles. The number of methoxy groups -OCH3 is 2. The molecule has 1 aromatic rings. The number of halogens is 2. The normalized spacial score (nSPS) is 11.8. The largest absolute Gasteiger partial charge is 0.493 e. The first-order chi connectivity index (χ1) is 10.5. The van der Waals surface area contributed by atoms with Gasteiger partial charge in [-0.2, -0.15) is 8.78 Å². The minimum absolute atomic E-state index is 0.102. The molecule has 0 saturated heterocycles. The zero-order chi connectivity index (χ0) is 17.8. The van der Waals surface area contributed by atoms with Crippen LogP contribution in [0.25, 0.3) is 0 Å².